The second-order valence-electron chi connectivity index (χ2n) is 5.83. The Labute approximate surface area is 151 Å². The van der Waals surface area contributed by atoms with Gasteiger partial charge >= 0.3 is 0 Å². The highest BCUT2D eigenvalue weighted by Crippen LogP contribution is 2.19. The molecule has 2 N–H and O–H groups in total. The summed E-state index contributed by atoms with van der Waals surface area (Å²) in [4.78, 5) is 7.72. The Kier molecular flexibility index (Phi) is 5.60. The monoisotopic (exact) mass is 365 g/mol. The van der Waals surface area contributed by atoms with Crippen LogP contribution < -0.4 is 10.2 Å². The number of nitrogens with one attached hydrogen (secondary N) is 2. The number of hydrogen-bond donors (Lipinski definition) is 2. The molecule has 0 amide bonds. The number of anilines is 1. The van der Waals surface area contributed by atoms with Gasteiger partial charge in [-0.2, -0.15) is 0 Å². The third kappa shape index (κ3) is 4.41. The minimum atomic E-state index is -0.429. The highest BCUT2D eigenvalue weighted by atomic mass is 35.5. The zero-order chi connectivity index (χ0) is 16.9. The van der Waals surface area contributed by atoms with Crippen LogP contribution in [0.2, 0.25) is 5.02 Å². The predicted octanol–water partition coefficient (Wildman–Crippen LogP) is 1.97. The van der Waals surface area contributed by atoms with Gasteiger partial charge in [-0.25, -0.2) is 4.39 Å². The molecule has 1 saturated heterocycles. The number of thiocarbonyl (C=S) groups is 1. The van der Waals surface area contributed by atoms with E-state index in [-0.39, 0.29) is 5.02 Å². The summed E-state index contributed by atoms with van der Waals surface area (Å²) < 4.78 is 13.2. The molecule has 4 nitrogen and oxygen atoms in total. The largest absolute Gasteiger partial charge is 0.338 e. The minimum absolute atomic E-state index is 0.0921. The number of hydrogen-bond acceptors (Lipinski definition) is 2. The van der Waals surface area contributed by atoms with Gasteiger partial charge in [0.1, 0.15) is 12.4 Å². The molecule has 1 aliphatic rings. The van der Waals surface area contributed by atoms with Crippen molar-refractivity contribution in [1.82, 2.24) is 9.88 Å². The van der Waals surface area contributed by atoms with Crippen molar-refractivity contribution >= 4 is 34.6 Å². The molecule has 0 spiro atoms. The zero-order valence-electron chi connectivity index (χ0n) is 13.1. The maximum absolute atomic E-state index is 13.2. The number of quaternary nitrogens is 1. The highest BCUT2D eigenvalue weighted by Gasteiger charge is 2.22. The first-order valence-electron chi connectivity index (χ1n) is 7.85. The Hall–Kier alpha value is -1.76. The Morgan fingerprint density at radius 3 is 2.62 bits per heavy atom. The molecule has 1 aromatic heterocycles. The highest BCUT2D eigenvalue weighted by molar-refractivity contribution is 7.80. The van der Waals surface area contributed by atoms with E-state index in [1.54, 1.807) is 12.1 Å². The lowest BCUT2D eigenvalue weighted by atomic mass is 10.2. The van der Waals surface area contributed by atoms with Crippen LogP contribution in [0, 0.1) is 5.82 Å². The third-order valence-electron chi connectivity index (χ3n) is 4.13. The van der Waals surface area contributed by atoms with E-state index in [4.69, 9.17) is 23.8 Å². The van der Waals surface area contributed by atoms with Crippen LogP contribution in [0.15, 0.2) is 42.7 Å². The Balaban J connectivity index is 1.50. The molecule has 0 atom stereocenters. The fourth-order valence-electron chi connectivity index (χ4n) is 2.77. The van der Waals surface area contributed by atoms with Gasteiger partial charge in [-0.15, -0.1) is 0 Å². The molecule has 126 valence electrons. The summed E-state index contributed by atoms with van der Waals surface area (Å²) in [5, 5.41) is 3.88. The van der Waals surface area contributed by atoms with Crippen molar-refractivity contribution in [1.29, 1.82) is 0 Å². The van der Waals surface area contributed by atoms with Gasteiger partial charge in [0.25, 0.3) is 0 Å². The first-order chi connectivity index (χ1) is 11.6. The van der Waals surface area contributed by atoms with Gasteiger partial charge in [-0.05, 0) is 42.5 Å². The average Bonchev–Trinajstić information content (AvgIpc) is 2.60. The average molecular weight is 366 g/mol. The molecule has 2 aromatic rings. The van der Waals surface area contributed by atoms with Crippen molar-refractivity contribution < 1.29 is 9.29 Å². The molecular formula is C17H19ClFN4S+. The van der Waals surface area contributed by atoms with E-state index in [2.05, 4.69) is 27.3 Å². The lowest BCUT2D eigenvalue weighted by molar-refractivity contribution is -0.917. The quantitative estimate of drug-likeness (QED) is 0.815. The SMILES string of the molecule is Fc1ccc(NC(=S)N2CC[NH+](Cc3ccncc3)CC2)cc1Cl. The molecule has 1 aliphatic heterocycles. The number of halogens is 2. The van der Waals surface area contributed by atoms with E-state index in [0.717, 1.165) is 32.7 Å². The standard InChI is InChI=1S/C17H18ClFN4S/c18-15-11-14(1-2-16(15)19)21-17(24)23-9-7-22(8-10-23)12-13-3-5-20-6-4-13/h1-6,11H,7-10,12H2,(H,21,24)/p+1. The summed E-state index contributed by atoms with van der Waals surface area (Å²) in [5.74, 6) is -0.429. The second-order valence-corrected chi connectivity index (χ2v) is 6.62. The number of benzene rings is 1. The molecule has 3 rings (SSSR count). The predicted molar refractivity (Wildman–Crippen MR) is 97.8 cm³/mol. The molecule has 0 bridgehead atoms. The van der Waals surface area contributed by atoms with Crippen LogP contribution in [0.5, 0.6) is 0 Å². The summed E-state index contributed by atoms with van der Waals surface area (Å²) in [5.41, 5.74) is 2.01. The van der Waals surface area contributed by atoms with Crippen LogP contribution in [0.4, 0.5) is 10.1 Å². The van der Waals surface area contributed by atoms with E-state index in [1.807, 2.05) is 12.4 Å². The molecule has 2 heterocycles. The summed E-state index contributed by atoms with van der Waals surface area (Å²) in [6, 6.07) is 8.64. The number of pyridine rings is 1. The number of aromatic nitrogens is 1. The van der Waals surface area contributed by atoms with E-state index < -0.39 is 5.82 Å². The van der Waals surface area contributed by atoms with E-state index in [1.165, 1.54) is 16.5 Å². The normalized spacial score (nSPS) is 15.3. The molecule has 0 saturated carbocycles. The van der Waals surface area contributed by atoms with Crippen LogP contribution >= 0.6 is 23.8 Å². The van der Waals surface area contributed by atoms with Crippen LogP contribution in [-0.2, 0) is 6.54 Å². The number of nitrogens with zero attached hydrogens (tertiary/aromatic N) is 2. The second kappa shape index (κ2) is 7.88. The van der Waals surface area contributed by atoms with E-state index in [9.17, 15) is 4.39 Å². The molecule has 1 aromatic carbocycles. The van der Waals surface area contributed by atoms with Crippen LogP contribution in [-0.4, -0.2) is 41.2 Å². The molecule has 0 aliphatic carbocycles. The van der Waals surface area contributed by atoms with Crippen molar-refractivity contribution in [3.05, 3.63) is 59.1 Å². The lowest BCUT2D eigenvalue weighted by Crippen LogP contribution is -3.13. The number of piperazine rings is 1. The van der Waals surface area contributed by atoms with Gasteiger partial charge in [-0.1, -0.05) is 11.6 Å². The summed E-state index contributed by atoms with van der Waals surface area (Å²) in [6.45, 7) is 4.83. The van der Waals surface area contributed by atoms with E-state index >= 15 is 0 Å². The van der Waals surface area contributed by atoms with Crippen molar-refractivity contribution in [2.24, 2.45) is 0 Å². The van der Waals surface area contributed by atoms with Gasteiger partial charge in [0.2, 0.25) is 0 Å². The zero-order valence-corrected chi connectivity index (χ0v) is 14.7. The lowest BCUT2D eigenvalue weighted by Gasteiger charge is -2.33. The molecular weight excluding hydrogens is 347 g/mol. The molecule has 7 heteroatoms. The Morgan fingerprint density at radius 2 is 1.96 bits per heavy atom. The maximum atomic E-state index is 13.2. The molecule has 0 radical (unpaired) electrons. The van der Waals surface area contributed by atoms with Crippen LogP contribution in [0.25, 0.3) is 0 Å². The summed E-state index contributed by atoms with van der Waals surface area (Å²) in [7, 11) is 0. The van der Waals surface area contributed by atoms with E-state index in [0.29, 0.717) is 10.8 Å². The fraction of sp³-hybridized carbons (Fsp3) is 0.294. The molecule has 1 fully saturated rings. The Bertz CT molecular complexity index is 705. The van der Waals surface area contributed by atoms with Crippen molar-refractivity contribution in [2.75, 3.05) is 31.5 Å². The topological polar surface area (TPSA) is 32.6 Å². The third-order valence-corrected chi connectivity index (χ3v) is 4.78. The van der Waals surface area contributed by atoms with Crippen LogP contribution in [0.3, 0.4) is 0 Å². The van der Waals surface area contributed by atoms with Gasteiger partial charge in [0, 0.05) is 23.6 Å². The van der Waals surface area contributed by atoms with Gasteiger partial charge < -0.3 is 15.1 Å². The molecule has 24 heavy (non-hydrogen) atoms. The first kappa shape index (κ1) is 17.1. The van der Waals surface area contributed by atoms with Crippen molar-refractivity contribution in [3.63, 3.8) is 0 Å². The van der Waals surface area contributed by atoms with Crippen molar-refractivity contribution in [3.8, 4) is 0 Å². The first-order valence-corrected chi connectivity index (χ1v) is 8.64. The van der Waals surface area contributed by atoms with Gasteiger partial charge in [-0.3, -0.25) is 4.98 Å². The minimum Gasteiger partial charge on any atom is -0.338 e. The van der Waals surface area contributed by atoms with Crippen molar-refractivity contribution in [2.45, 2.75) is 6.54 Å². The maximum Gasteiger partial charge on any atom is 0.173 e. The molecule has 0 unspecified atom stereocenters. The number of rotatable bonds is 3. The van der Waals surface area contributed by atoms with Crippen LogP contribution in [0.1, 0.15) is 5.56 Å². The Morgan fingerprint density at radius 1 is 1.25 bits per heavy atom. The smallest absolute Gasteiger partial charge is 0.173 e. The summed E-state index contributed by atoms with van der Waals surface area (Å²) >= 11 is 11.3. The van der Waals surface area contributed by atoms with Gasteiger partial charge in [0.15, 0.2) is 5.11 Å². The van der Waals surface area contributed by atoms with Gasteiger partial charge in [0.05, 0.1) is 31.2 Å². The summed E-state index contributed by atoms with van der Waals surface area (Å²) in [6.07, 6.45) is 3.66. The fourth-order valence-corrected chi connectivity index (χ4v) is 3.25.